The van der Waals surface area contributed by atoms with Gasteiger partial charge in [0.15, 0.2) is 0 Å². The molecular formula is C12H17ClN2O2. The highest BCUT2D eigenvalue weighted by atomic mass is 35.5. The summed E-state index contributed by atoms with van der Waals surface area (Å²) in [5, 5.41) is 14.6. The van der Waals surface area contributed by atoms with Gasteiger partial charge in [-0.3, -0.25) is 10.1 Å². The summed E-state index contributed by atoms with van der Waals surface area (Å²) in [7, 11) is 0. The van der Waals surface area contributed by atoms with E-state index in [0.717, 1.165) is 0 Å². The zero-order valence-electron chi connectivity index (χ0n) is 10.2. The van der Waals surface area contributed by atoms with Crippen LogP contribution in [0.5, 0.6) is 0 Å². The van der Waals surface area contributed by atoms with Crippen LogP contribution in [0.3, 0.4) is 0 Å². The third-order valence-corrected chi connectivity index (χ3v) is 3.25. The molecule has 0 saturated heterocycles. The molecule has 0 radical (unpaired) electrons. The number of nitrogens with zero attached hydrogens (tertiary/aromatic N) is 1. The molecule has 1 aromatic carbocycles. The molecule has 0 amide bonds. The van der Waals surface area contributed by atoms with Crippen molar-refractivity contribution in [3.8, 4) is 0 Å². The second kappa shape index (κ2) is 5.98. The van der Waals surface area contributed by atoms with E-state index in [2.05, 4.69) is 19.2 Å². The highest BCUT2D eigenvalue weighted by molar-refractivity contribution is 6.31. The van der Waals surface area contributed by atoms with Crippen LogP contribution in [-0.2, 0) is 6.54 Å². The number of nitrogens with one attached hydrogen (secondary N) is 1. The van der Waals surface area contributed by atoms with Gasteiger partial charge in [0.2, 0.25) is 0 Å². The number of benzene rings is 1. The maximum atomic E-state index is 10.9. The Morgan fingerprint density at radius 2 is 2.06 bits per heavy atom. The number of rotatable bonds is 5. The Morgan fingerprint density at radius 1 is 1.41 bits per heavy atom. The third-order valence-electron chi connectivity index (χ3n) is 2.89. The van der Waals surface area contributed by atoms with E-state index in [0.29, 0.717) is 23.0 Å². The Kier molecular flexibility index (Phi) is 4.90. The number of nitro groups is 1. The second-order valence-electron chi connectivity index (χ2n) is 4.41. The average molecular weight is 257 g/mol. The van der Waals surface area contributed by atoms with E-state index in [9.17, 15) is 10.1 Å². The summed E-state index contributed by atoms with van der Waals surface area (Å²) in [6.45, 7) is 6.65. The van der Waals surface area contributed by atoms with Gasteiger partial charge >= 0.3 is 0 Å². The monoisotopic (exact) mass is 256 g/mol. The van der Waals surface area contributed by atoms with Crippen LogP contribution in [0.1, 0.15) is 26.3 Å². The Balaban J connectivity index is 2.86. The van der Waals surface area contributed by atoms with Crippen molar-refractivity contribution < 1.29 is 4.92 Å². The lowest BCUT2D eigenvalue weighted by molar-refractivity contribution is -0.385. The molecule has 0 heterocycles. The summed E-state index contributed by atoms with van der Waals surface area (Å²) in [4.78, 5) is 10.5. The van der Waals surface area contributed by atoms with Crippen molar-refractivity contribution >= 4 is 17.3 Å². The predicted octanol–water partition coefficient (Wildman–Crippen LogP) is 3.38. The largest absolute Gasteiger partial charge is 0.310 e. The van der Waals surface area contributed by atoms with Gasteiger partial charge in [-0.1, -0.05) is 31.5 Å². The zero-order chi connectivity index (χ0) is 13.0. The first kappa shape index (κ1) is 13.9. The van der Waals surface area contributed by atoms with Crippen molar-refractivity contribution in [1.82, 2.24) is 5.32 Å². The van der Waals surface area contributed by atoms with Gasteiger partial charge in [-0.25, -0.2) is 0 Å². The van der Waals surface area contributed by atoms with Crippen molar-refractivity contribution in [3.05, 3.63) is 38.9 Å². The molecule has 0 fully saturated rings. The molecule has 4 nitrogen and oxygen atoms in total. The smallest absolute Gasteiger partial charge is 0.275 e. The standard InChI is InChI=1S/C12H17ClN2O2/c1-8(2)9(3)14-7-10-11(13)5-4-6-12(10)15(16)17/h4-6,8-9,14H,7H2,1-3H3. The molecule has 0 saturated carbocycles. The van der Waals surface area contributed by atoms with Crippen LogP contribution in [0.4, 0.5) is 5.69 Å². The molecule has 5 heteroatoms. The molecule has 1 unspecified atom stereocenters. The summed E-state index contributed by atoms with van der Waals surface area (Å²) in [6, 6.07) is 5.02. The molecule has 0 aliphatic carbocycles. The van der Waals surface area contributed by atoms with Crippen molar-refractivity contribution in [3.63, 3.8) is 0 Å². The topological polar surface area (TPSA) is 55.2 Å². The fraction of sp³-hybridized carbons (Fsp3) is 0.500. The molecule has 17 heavy (non-hydrogen) atoms. The Bertz CT molecular complexity index is 407. The SMILES string of the molecule is CC(C)C(C)NCc1c(Cl)cccc1[N+](=O)[O-]. The molecule has 0 bridgehead atoms. The number of nitro benzene ring substituents is 1. The quantitative estimate of drug-likeness (QED) is 0.649. The van der Waals surface area contributed by atoms with Gasteiger partial charge < -0.3 is 5.32 Å². The van der Waals surface area contributed by atoms with Gasteiger partial charge in [0.1, 0.15) is 0 Å². The first-order chi connectivity index (χ1) is 7.93. The van der Waals surface area contributed by atoms with Crippen molar-refractivity contribution in [2.24, 2.45) is 5.92 Å². The minimum atomic E-state index is -0.400. The van der Waals surface area contributed by atoms with Crippen LogP contribution in [0.2, 0.25) is 5.02 Å². The molecular weight excluding hydrogens is 240 g/mol. The van der Waals surface area contributed by atoms with Crippen LogP contribution >= 0.6 is 11.6 Å². The van der Waals surface area contributed by atoms with Crippen LogP contribution in [0.25, 0.3) is 0 Å². The van der Waals surface area contributed by atoms with E-state index in [1.54, 1.807) is 12.1 Å². The van der Waals surface area contributed by atoms with E-state index in [1.165, 1.54) is 6.07 Å². The van der Waals surface area contributed by atoms with E-state index in [1.807, 2.05) is 6.92 Å². The Hall–Kier alpha value is -1.13. The van der Waals surface area contributed by atoms with E-state index < -0.39 is 4.92 Å². The van der Waals surface area contributed by atoms with E-state index in [-0.39, 0.29) is 11.7 Å². The predicted molar refractivity (Wildman–Crippen MR) is 69.2 cm³/mol. The number of hydrogen-bond donors (Lipinski definition) is 1. The lowest BCUT2D eigenvalue weighted by Crippen LogP contribution is -2.30. The second-order valence-corrected chi connectivity index (χ2v) is 4.82. The molecule has 0 spiro atoms. The molecule has 0 aromatic heterocycles. The maximum Gasteiger partial charge on any atom is 0.275 e. The Morgan fingerprint density at radius 3 is 2.59 bits per heavy atom. The molecule has 1 atom stereocenters. The van der Waals surface area contributed by atoms with Gasteiger partial charge in [-0.2, -0.15) is 0 Å². The minimum absolute atomic E-state index is 0.0703. The average Bonchev–Trinajstić information content (AvgIpc) is 2.26. The maximum absolute atomic E-state index is 10.9. The van der Waals surface area contributed by atoms with E-state index >= 15 is 0 Å². The van der Waals surface area contributed by atoms with Gasteiger partial charge in [0.05, 0.1) is 15.5 Å². The molecule has 94 valence electrons. The summed E-state index contributed by atoms with van der Waals surface area (Å²) in [5.41, 5.74) is 0.618. The Labute approximate surface area is 106 Å². The lowest BCUT2D eigenvalue weighted by atomic mass is 10.1. The molecule has 1 N–H and O–H groups in total. The van der Waals surface area contributed by atoms with Gasteiger partial charge in [-0.15, -0.1) is 0 Å². The summed E-state index contributed by atoms with van der Waals surface area (Å²) in [6.07, 6.45) is 0. The van der Waals surface area contributed by atoms with Gasteiger partial charge in [0, 0.05) is 18.7 Å². The number of halogens is 1. The van der Waals surface area contributed by atoms with Crippen molar-refractivity contribution in [1.29, 1.82) is 0 Å². The normalized spacial score (nSPS) is 12.8. The number of hydrogen-bond acceptors (Lipinski definition) is 3. The first-order valence-electron chi connectivity index (χ1n) is 5.58. The summed E-state index contributed by atoms with van der Waals surface area (Å²) in [5.74, 6) is 0.469. The third kappa shape index (κ3) is 3.68. The molecule has 1 rings (SSSR count). The lowest BCUT2D eigenvalue weighted by Gasteiger charge is -2.17. The first-order valence-corrected chi connectivity index (χ1v) is 5.96. The zero-order valence-corrected chi connectivity index (χ0v) is 11.0. The highest BCUT2D eigenvalue weighted by Gasteiger charge is 2.17. The van der Waals surface area contributed by atoms with Gasteiger partial charge in [0.25, 0.3) is 5.69 Å². The summed E-state index contributed by atoms with van der Waals surface area (Å²) < 4.78 is 0. The van der Waals surface area contributed by atoms with Crippen molar-refractivity contribution in [2.75, 3.05) is 0 Å². The fourth-order valence-corrected chi connectivity index (χ4v) is 1.63. The molecule has 1 aromatic rings. The molecule has 0 aliphatic rings. The van der Waals surface area contributed by atoms with Crippen LogP contribution in [0, 0.1) is 16.0 Å². The summed E-state index contributed by atoms with van der Waals surface area (Å²) >= 11 is 5.99. The van der Waals surface area contributed by atoms with Crippen molar-refractivity contribution in [2.45, 2.75) is 33.4 Å². The van der Waals surface area contributed by atoms with Gasteiger partial charge in [-0.05, 0) is 18.9 Å². The van der Waals surface area contributed by atoms with E-state index in [4.69, 9.17) is 11.6 Å². The fourth-order valence-electron chi connectivity index (χ4n) is 1.39. The molecule has 0 aliphatic heterocycles. The van der Waals surface area contributed by atoms with Crippen LogP contribution in [-0.4, -0.2) is 11.0 Å². The van der Waals surface area contributed by atoms with Crippen LogP contribution in [0.15, 0.2) is 18.2 Å². The van der Waals surface area contributed by atoms with Crippen LogP contribution < -0.4 is 5.32 Å². The highest BCUT2D eigenvalue weighted by Crippen LogP contribution is 2.26. The minimum Gasteiger partial charge on any atom is -0.310 e.